The Kier molecular flexibility index (Phi) is 4.28. The van der Waals surface area contributed by atoms with E-state index in [9.17, 15) is 4.79 Å². The van der Waals surface area contributed by atoms with Crippen LogP contribution in [0.1, 0.15) is 46.0 Å². The quantitative estimate of drug-likeness (QED) is 0.790. The third-order valence-corrected chi connectivity index (χ3v) is 4.74. The third kappa shape index (κ3) is 3.45. The van der Waals surface area contributed by atoms with E-state index in [-0.39, 0.29) is 12.5 Å². The second-order valence-corrected chi connectivity index (χ2v) is 6.08. The highest BCUT2D eigenvalue weighted by Crippen LogP contribution is 2.50. The monoisotopic (exact) mass is 255 g/mol. The molecule has 1 saturated carbocycles. The molecule has 0 radical (unpaired) electrons. The summed E-state index contributed by atoms with van der Waals surface area (Å²) in [5.41, 5.74) is 0.553. The molecule has 0 spiro atoms. The van der Waals surface area contributed by atoms with Crippen molar-refractivity contribution in [3.8, 4) is 0 Å². The zero-order chi connectivity index (χ0) is 13.2. The maximum atomic E-state index is 10.4. The molecular weight excluding hydrogens is 230 g/mol. The van der Waals surface area contributed by atoms with Crippen molar-refractivity contribution in [3.63, 3.8) is 0 Å². The number of aliphatic carboxylic acids is 1. The first-order valence-corrected chi connectivity index (χ1v) is 7.09. The van der Waals surface area contributed by atoms with Crippen molar-refractivity contribution in [2.24, 2.45) is 5.41 Å². The Morgan fingerprint density at radius 3 is 2.56 bits per heavy atom. The molecule has 2 fully saturated rings. The summed E-state index contributed by atoms with van der Waals surface area (Å²) in [6, 6.07) is 0.678. The zero-order valence-corrected chi connectivity index (χ0v) is 11.5. The maximum Gasteiger partial charge on any atom is 0.305 e. The summed E-state index contributed by atoms with van der Waals surface area (Å²) in [6.45, 7) is 7.27. The van der Waals surface area contributed by atoms with Gasteiger partial charge in [0, 0.05) is 19.1 Å². The molecule has 1 aliphatic heterocycles. The van der Waals surface area contributed by atoms with Crippen LogP contribution < -0.4 is 0 Å². The molecule has 1 aliphatic carbocycles. The lowest BCUT2D eigenvalue weighted by Crippen LogP contribution is -2.45. The lowest BCUT2D eigenvalue weighted by molar-refractivity contribution is -0.139. The number of nitrogens with zero attached hydrogens (tertiary/aromatic N) is 1. The minimum absolute atomic E-state index is 0.120. The van der Waals surface area contributed by atoms with E-state index >= 15 is 0 Å². The molecule has 2 rings (SSSR count). The highest BCUT2D eigenvalue weighted by Gasteiger charge is 2.45. The van der Waals surface area contributed by atoms with Crippen molar-refractivity contribution < 1.29 is 14.6 Å². The van der Waals surface area contributed by atoms with Gasteiger partial charge in [-0.3, -0.25) is 9.69 Å². The molecule has 4 nitrogen and oxygen atoms in total. The number of piperidine rings is 1. The molecule has 0 aromatic heterocycles. The minimum Gasteiger partial charge on any atom is -0.481 e. The molecule has 18 heavy (non-hydrogen) atoms. The van der Waals surface area contributed by atoms with E-state index in [1.165, 1.54) is 12.8 Å². The van der Waals surface area contributed by atoms with E-state index in [1.807, 2.05) is 0 Å². The first-order chi connectivity index (χ1) is 8.51. The molecular formula is C14H25NO3. The highest BCUT2D eigenvalue weighted by molar-refractivity contribution is 5.66. The Labute approximate surface area is 109 Å². The summed E-state index contributed by atoms with van der Waals surface area (Å²) < 4.78 is 5.62. The second-order valence-electron chi connectivity index (χ2n) is 6.08. The number of carbonyl (C=O) groups is 1. The number of ether oxygens (including phenoxy) is 1. The van der Waals surface area contributed by atoms with Gasteiger partial charge in [-0.1, -0.05) is 6.92 Å². The normalized spacial score (nSPS) is 25.9. The average Bonchev–Trinajstić information content (AvgIpc) is 3.08. The highest BCUT2D eigenvalue weighted by atomic mass is 16.5. The van der Waals surface area contributed by atoms with Crippen LogP contribution in [0.4, 0.5) is 0 Å². The van der Waals surface area contributed by atoms with Crippen LogP contribution in [0, 0.1) is 5.41 Å². The van der Waals surface area contributed by atoms with Gasteiger partial charge in [-0.25, -0.2) is 0 Å². The molecule has 1 heterocycles. The number of hydrogen-bond acceptors (Lipinski definition) is 3. The van der Waals surface area contributed by atoms with Gasteiger partial charge < -0.3 is 9.84 Å². The fraction of sp³-hybridized carbons (Fsp3) is 0.929. The Hall–Kier alpha value is -0.610. The van der Waals surface area contributed by atoms with Gasteiger partial charge in [0.25, 0.3) is 0 Å². The van der Waals surface area contributed by atoms with E-state index in [0.29, 0.717) is 18.1 Å². The number of carboxylic acid groups (broad SMARTS) is 1. The Morgan fingerprint density at radius 1 is 1.44 bits per heavy atom. The Morgan fingerprint density at radius 2 is 2.06 bits per heavy atom. The van der Waals surface area contributed by atoms with Crippen LogP contribution in [0.2, 0.25) is 0 Å². The molecule has 4 heteroatoms. The predicted molar refractivity (Wildman–Crippen MR) is 69.6 cm³/mol. The van der Waals surface area contributed by atoms with Crippen LogP contribution in [0.15, 0.2) is 0 Å². The van der Waals surface area contributed by atoms with Crippen molar-refractivity contribution >= 4 is 5.97 Å². The molecule has 2 aliphatic rings. The van der Waals surface area contributed by atoms with Gasteiger partial charge in [0.15, 0.2) is 0 Å². The van der Waals surface area contributed by atoms with Gasteiger partial charge in [0.05, 0.1) is 19.1 Å². The molecule has 1 unspecified atom stereocenters. The van der Waals surface area contributed by atoms with Crippen molar-refractivity contribution in [2.75, 3.05) is 19.7 Å². The fourth-order valence-electron chi connectivity index (χ4n) is 2.80. The van der Waals surface area contributed by atoms with Gasteiger partial charge in [0.2, 0.25) is 0 Å². The maximum absolute atomic E-state index is 10.4. The molecule has 0 bridgehead atoms. The standard InChI is InChI=1S/C14H25NO3/c1-11(14(2)6-7-14)15-8-3-12(4-9-15)18-10-5-13(16)17/h11-12H,3-10H2,1-2H3,(H,16,17). The summed E-state index contributed by atoms with van der Waals surface area (Å²) in [7, 11) is 0. The van der Waals surface area contributed by atoms with Crippen molar-refractivity contribution in [2.45, 2.75) is 58.1 Å². The summed E-state index contributed by atoms with van der Waals surface area (Å²) in [5.74, 6) is -0.775. The summed E-state index contributed by atoms with van der Waals surface area (Å²) in [4.78, 5) is 13.0. The zero-order valence-electron chi connectivity index (χ0n) is 11.5. The molecule has 1 saturated heterocycles. The predicted octanol–water partition coefficient (Wildman–Crippen LogP) is 2.13. The van der Waals surface area contributed by atoms with E-state index in [1.54, 1.807) is 0 Å². The van der Waals surface area contributed by atoms with E-state index in [4.69, 9.17) is 9.84 Å². The van der Waals surface area contributed by atoms with Gasteiger partial charge in [0.1, 0.15) is 0 Å². The van der Waals surface area contributed by atoms with Crippen molar-refractivity contribution in [3.05, 3.63) is 0 Å². The van der Waals surface area contributed by atoms with Crippen LogP contribution in [0.5, 0.6) is 0 Å². The minimum atomic E-state index is -0.775. The molecule has 104 valence electrons. The molecule has 0 aromatic carbocycles. The largest absolute Gasteiger partial charge is 0.481 e. The summed E-state index contributed by atoms with van der Waals surface area (Å²) in [5, 5.41) is 8.57. The molecule has 1 N–H and O–H groups in total. The van der Waals surface area contributed by atoms with E-state index in [2.05, 4.69) is 18.7 Å². The van der Waals surface area contributed by atoms with Crippen LogP contribution in [0.3, 0.4) is 0 Å². The Bertz CT molecular complexity index is 293. The van der Waals surface area contributed by atoms with Crippen LogP contribution >= 0.6 is 0 Å². The average molecular weight is 255 g/mol. The summed E-state index contributed by atoms with van der Waals surface area (Å²) >= 11 is 0. The third-order valence-electron chi connectivity index (χ3n) is 4.74. The van der Waals surface area contributed by atoms with E-state index < -0.39 is 5.97 Å². The van der Waals surface area contributed by atoms with Gasteiger partial charge in [-0.2, -0.15) is 0 Å². The smallest absolute Gasteiger partial charge is 0.305 e. The number of hydrogen-bond donors (Lipinski definition) is 1. The number of rotatable bonds is 6. The first kappa shape index (κ1) is 13.8. The summed E-state index contributed by atoms with van der Waals surface area (Å²) in [6.07, 6.45) is 5.20. The number of likely N-dealkylation sites (tertiary alicyclic amines) is 1. The second kappa shape index (κ2) is 5.57. The van der Waals surface area contributed by atoms with Crippen LogP contribution in [0.25, 0.3) is 0 Å². The molecule has 0 amide bonds. The molecule has 1 atom stereocenters. The topological polar surface area (TPSA) is 49.8 Å². The first-order valence-electron chi connectivity index (χ1n) is 7.09. The van der Waals surface area contributed by atoms with Crippen LogP contribution in [-0.2, 0) is 9.53 Å². The fourth-order valence-corrected chi connectivity index (χ4v) is 2.80. The number of carboxylic acids is 1. The Balaban J connectivity index is 1.66. The van der Waals surface area contributed by atoms with Gasteiger partial charge in [-0.15, -0.1) is 0 Å². The van der Waals surface area contributed by atoms with Gasteiger partial charge >= 0.3 is 5.97 Å². The SMILES string of the molecule is CC(N1CCC(OCCC(=O)O)CC1)C1(C)CC1. The van der Waals surface area contributed by atoms with Crippen LogP contribution in [-0.4, -0.2) is 47.8 Å². The molecule has 0 aromatic rings. The lowest BCUT2D eigenvalue weighted by Gasteiger charge is -2.38. The lowest BCUT2D eigenvalue weighted by atomic mass is 9.96. The van der Waals surface area contributed by atoms with Gasteiger partial charge in [-0.05, 0) is 38.0 Å². The van der Waals surface area contributed by atoms with E-state index in [0.717, 1.165) is 25.9 Å². The van der Waals surface area contributed by atoms with Crippen molar-refractivity contribution in [1.82, 2.24) is 4.90 Å². The van der Waals surface area contributed by atoms with Crippen molar-refractivity contribution in [1.29, 1.82) is 0 Å².